The predicted molar refractivity (Wildman–Crippen MR) is 125 cm³/mol. The van der Waals surface area contributed by atoms with E-state index in [1.54, 1.807) is 13.0 Å². The topological polar surface area (TPSA) is 103 Å². The Hall–Kier alpha value is -1.91. The molecule has 1 heterocycles. The number of hydrogen-bond acceptors (Lipinski definition) is 8. The molecule has 30 heavy (non-hydrogen) atoms. The van der Waals surface area contributed by atoms with Gasteiger partial charge in [0.15, 0.2) is 10.0 Å². The minimum Gasteiger partial charge on any atom is -0.371 e. The first kappa shape index (κ1) is 24.4. The van der Waals surface area contributed by atoms with Crippen molar-refractivity contribution in [3.63, 3.8) is 0 Å². The molecule has 0 bridgehead atoms. The van der Waals surface area contributed by atoms with Crippen molar-refractivity contribution in [1.82, 2.24) is 9.36 Å². The van der Waals surface area contributed by atoms with Gasteiger partial charge in [-0.15, -0.1) is 10.2 Å². The highest BCUT2D eigenvalue weighted by molar-refractivity contribution is 7.88. The molecule has 0 spiro atoms. The fourth-order valence-corrected chi connectivity index (χ4v) is 4.40. The van der Waals surface area contributed by atoms with E-state index in [-0.39, 0.29) is 5.75 Å². The highest BCUT2D eigenvalue weighted by Crippen LogP contribution is 2.35. The van der Waals surface area contributed by atoms with Crippen LogP contribution in [0.1, 0.15) is 58.7 Å². The molecule has 8 nitrogen and oxygen atoms in total. The standard InChI is InChI=1S/C20H32N6O2S2/c1-5-8-12-26(13-9-6-2)17-10-11-18(22-23-20-21-16(4)24-29-20)19(15-17)25-30(27,28)14-7-3/h10-11,15H,5-9,12-14H2,1-4H3,(H,25,27,28). The largest absolute Gasteiger partial charge is 0.371 e. The third kappa shape index (κ3) is 7.73. The molecule has 1 aromatic heterocycles. The van der Waals surface area contributed by atoms with Gasteiger partial charge in [-0.1, -0.05) is 33.6 Å². The molecule has 0 aliphatic rings. The predicted octanol–water partition coefficient (Wildman–Crippen LogP) is 6.65. The van der Waals surface area contributed by atoms with E-state index in [4.69, 9.17) is 0 Å². The highest BCUT2D eigenvalue weighted by Gasteiger charge is 2.12. The quantitative estimate of drug-likeness (QED) is 0.363. The Morgan fingerprint density at radius 3 is 2.33 bits per heavy atom. The molecular formula is C20H32N6O2S2. The molecule has 0 radical (unpaired) electrons. The average molecular weight is 453 g/mol. The normalized spacial score (nSPS) is 13.5. The Balaban J connectivity index is 2.45. The van der Waals surface area contributed by atoms with Gasteiger partial charge in [0.1, 0.15) is 17.2 Å². The van der Waals surface area contributed by atoms with Gasteiger partial charge in [-0.05, 0) is 44.4 Å². The first-order chi connectivity index (χ1) is 14.4. The molecule has 2 aromatic rings. The van der Waals surface area contributed by atoms with Crippen molar-refractivity contribution in [3.05, 3.63) is 24.0 Å². The number of rotatable bonds is 12. The lowest BCUT2D eigenvalue weighted by Crippen LogP contribution is -2.25. The van der Waals surface area contributed by atoms with Crippen molar-refractivity contribution in [2.24, 2.45) is 14.6 Å². The Labute approximate surface area is 184 Å². The van der Waals surface area contributed by atoms with Crippen LogP contribution in [0, 0.1) is 6.92 Å². The van der Waals surface area contributed by atoms with Crippen LogP contribution in [-0.2, 0) is 10.0 Å². The van der Waals surface area contributed by atoms with Gasteiger partial charge in [0.25, 0.3) is 0 Å². The van der Waals surface area contributed by atoms with Crippen LogP contribution in [0.15, 0.2) is 32.8 Å². The first-order valence-electron chi connectivity index (χ1n) is 10.5. The number of nitrogens with zero attached hydrogens (tertiary/aromatic N) is 6. The summed E-state index contributed by atoms with van der Waals surface area (Å²) >= 11 is 1.16. The lowest BCUT2D eigenvalue weighted by atomic mass is 10.2. The average Bonchev–Trinajstić information content (AvgIpc) is 3.12. The van der Waals surface area contributed by atoms with Crippen LogP contribution < -0.4 is 4.90 Å². The summed E-state index contributed by atoms with van der Waals surface area (Å²) in [5.41, 5.74) is 1.79. The Morgan fingerprint density at radius 1 is 1.07 bits per heavy atom. The third-order valence-electron chi connectivity index (χ3n) is 4.36. The van der Waals surface area contributed by atoms with Crippen molar-refractivity contribution in [2.75, 3.05) is 23.7 Å². The SMILES string of the molecule is CCCCN(CCCC)c1ccc(N=Nc2nc(C)ns2)c(N=S(=O)(O)CCC)c1. The maximum atomic E-state index is 12.5. The van der Waals surface area contributed by atoms with E-state index in [1.165, 1.54) is 0 Å². The lowest BCUT2D eigenvalue weighted by Gasteiger charge is -2.25. The van der Waals surface area contributed by atoms with Crippen molar-refractivity contribution >= 4 is 43.7 Å². The fraction of sp³-hybridized carbons (Fsp3) is 0.600. The minimum atomic E-state index is -3.33. The van der Waals surface area contributed by atoms with Crippen LogP contribution in [0.5, 0.6) is 0 Å². The zero-order valence-corrected chi connectivity index (χ0v) is 19.9. The summed E-state index contributed by atoms with van der Waals surface area (Å²) in [6.45, 7) is 9.86. The number of benzene rings is 1. The van der Waals surface area contributed by atoms with Crippen LogP contribution in [0.2, 0.25) is 0 Å². The number of unbranched alkanes of at least 4 members (excludes halogenated alkanes) is 2. The van der Waals surface area contributed by atoms with Crippen LogP contribution in [0.3, 0.4) is 0 Å². The fourth-order valence-electron chi connectivity index (χ4n) is 2.82. The van der Waals surface area contributed by atoms with E-state index >= 15 is 0 Å². The summed E-state index contributed by atoms with van der Waals surface area (Å²) in [5, 5.41) is 8.81. The van der Waals surface area contributed by atoms with Crippen molar-refractivity contribution < 1.29 is 8.76 Å². The number of aryl methyl sites for hydroxylation is 1. The van der Waals surface area contributed by atoms with E-state index < -0.39 is 10.0 Å². The van der Waals surface area contributed by atoms with Gasteiger partial charge in [-0.25, -0.2) is 9.19 Å². The van der Waals surface area contributed by atoms with Gasteiger partial charge in [-0.2, -0.15) is 8.74 Å². The van der Waals surface area contributed by atoms with Crippen LogP contribution in [0.25, 0.3) is 0 Å². The molecule has 1 aromatic carbocycles. The number of anilines is 1. The number of azo groups is 1. The molecule has 10 heteroatoms. The van der Waals surface area contributed by atoms with Gasteiger partial charge >= 0.3 is 0 Å². The van der Waals surface area contributed by atoms with Crippen LogP contribution in [0.4, 0.5) is 22.2 Å². The second kappa shape index (κ2) is 12.1. The molecule has 1 unspecified atom stereocenters. The van der Waals surface area contributed by atoms with Gasteiger partial charge in [0.2, 0.25) is 5.13 Å². The number of aromatic nitrogens is 2. The smallest absolute Gasteiger partial charge is 0.249 e. The van der Waals surface area contributed by atoms with E-state index in [1.807, 2.05) is 19.1 Å². The molecule has 0 saturated heterocycles. The van der Waals surface area contributed by atoms with E-state index in [0.717, 1.165) is 56.0 Å². The van der Waals surface area contributed by atoms with Crippen molar-refractivity contribution in [1.29, 1.82) is 0 Å². The first-order valence-corrected chi connectivity index (χ1v) is 12.9. The summed E-state index contributed by atoms with van der Waals surface area (Å²) in [6, 6.07) is 5.62. The highest BCUT2D eigenvalue weighted by atomic mass is 32.2. The summed E-state index contributed by atoms with van der Waals surface area (Å²) in [5.74, 6) is 0.747. The third-order valence-corrected chi connectivity index (χ3v) is 6.47. The van der Waals surface area contributed by atoms with Gasteiger partial charge in [-0.3, -0.25) is 0 Å². The zero-order valence-electron chi connectivity index (χ0n) is 18.2. The zero-order chi connectivity index (χ0) is 22.0. The Morgan fingerprint density at radius 2 is 1.77 bits per heavy atom. The molecule has 166 valence electrons. The molecule has 0 aliphatic carbocycles. The molecule has 0 fully saturated rings. The van der Waals surface area contributed by atoms with E-state index in [2.05, 4.69) is 42.7 Å². The summed E-state index contributed by atoms with van der Waals surface area (Å²) in [7, 11) is -3.33. The molecule has 0 saturated carbocycles. The second-order valence-corrected chi connectivity index (χ2v) is 9.63. The summed E-state index contributed by atoms with van der Waals surface area (Å²) < 4.78 is 31.0. The molecule has 1 N–H and O–H groups in total. The minimum absolute atomic E-state index is 0.110. The van der Waals surface area contributed by atoms with Crippen molar-refractivity contribution in [2.45, 2.75) is 59.8 Å². The van der Waals surface area contributed by atoms with Crippen LogP contribution >= 0.6 is 11.5 Å². The Kier molecular flexibility index (Phi) is 9.80. The van der Waals surface area contributed by atoms with Gasteiger partial charge < -0.3 is 9.45 Å². The summed E-state index contributed by atoms with van der Waals surface area (Å²) in [6.07, 6.45) is 4.95. The number of hydrogen-bond donors (Lipinski definition) is 1. The maximum absolute atomic E-state index is 12.5. The van der Waals surface area contributed by atoms with Gasteiger partial charge in [0, 0.05) is 30.3 Å². The van der Waals surface area contributed by atoms with Crippen molar-refractivity contribution in [3.8, 4) is 0 Å². The maximum Gasteiger partial charge on any atom is 0.249 e. The molecule has 0 aliphatic heterocycles. The molecule has 1 atom stereocenters. The molecule has 0 amide bonds. The summed E-state index contributed by atoms with van der Waals surface area (Å²) in [4.78, 5) is 6.48. The van der Waals surface area contributed by atoms with Gasteiger partial charge in [0.05, 0.1) is 5.75 Å². The Bertz CT molecular complexity index is 943. The van der Waals surface area contributed by atoms with E-state index in [0.29, 0.717) is 28.8 Å². The second-order valence-electron chi connectivity index (χ2n) is 7.09. The molecule has 2 rings (SSSR count). The monoisotopic (exact) mass is 452 g/mol. The molecular weight excluding hydrogens is 420 g/mol. The van der Waals surface area contributed by atoms with E-state index in [9.17, 15) is 8.76 Å². The lowest BCUT2D eigenvalue weighted by molar-refractivity contribution is 0.550. The van der Waals surface area contributed by atoms with Crippen LogP contribution in [-0.4, -0.2) is 37.0 Å².